The number of anilines is 1. The first-order chi connectivity index (χ1) is 14.3. The number of aryl methyl sites for hydroxylation is 3. The molecule has 150 valence electrons. The van der Waals surface area contributed by atoms with Gasteiger partial charge in [-0.25, -0.2) is 9.78 Å². The summed E-state index contributed by atoms with van der Waals surface area (Å²) < 4.78 is 12.5. The van der Waals surface area contributed by atoms with E-state index in [0.29, 0.717) is 11.6 Å². The SMILES string of the molecule is COC(=O)c1c(N)c(C#N)cn1-c1cc(-c2nc3cc(C)cc(C)c3o2)ccc1C. The molecule has 0 radical (unpaired) electrons. The van der Waals surface area contributed by atoms with Crippen LogP contribution in [0.15, 0.2) is 40.9 Å². The van der Waals surface area contributed by atoms with Crippen molar-refractivity contribution in [1.29, 1.82) is 5.26 Å². The molecule has 2 heterocycles. The summed E-state index contributed by atoms with van der Waals surface area (Å²) in [6.07, 6.45) is 1.53. The number of hydrogen-bond acceptors (Lipinski definition) is 6. The highest BCUT2D eigenvalue weighted by molar-refractivity contribution is 5.96. The van der Waals surface area contributed by atoms with Gasteiger partial charge in [-0.2, -0.15) is 5.26 Å². The standard InChI is InChI=1S/C23H20N4O3/c1-12-7-14(3)21-17(8-12)26-22(30-21)15-6-5-13(2)18(9-15)27-11-16(10-24)19(25)20(27)23(28)29-4/h5-9,11H,25H2,1-4H3. The average Bonchev–Trinajstić information content (AvgIpc) is 3.29. The van der Waals surface area contributed by atoms with Gasteiger partial charge in [0.25, 0.3) is 0 Å². The summed E-state index contributed by atoms with van der Waals surface area (Å²) >= 11 is 0. The van der Waals surface area contributed by atoms with Gasteiger partial charge in [0, 0.05) is 17.4 Å². The van der Waals surface area contributed by atoms with E-state index in [1.165, 1.54) is 13.3 Å². The zero-order valence-electron chi connectivity index (χ0n) is 17.1. The lowest BCUT2D eigenvalue weighted by atomic mass is 10.1. The van der Waals surface area contributed by atoms with Crippen molar-refractivity contribution in [2.45, 2.75) is 20.8 Å². The highest BCUT2D eigenvalue weighted by atomic mass is 16.5. The molecule has 0 unspecified atom stereocenters. The van der Waals surface area contributed by atoms with E-state index < -0.39 is 5.97 Å². The molecule has 0 saturated heterocycles. The first-order valence-corrected chi connectivity index (χ1v) is 9.32. The number of nitrogens with zero attached hydrogens (tertiary/aromatic N) is 3. The Hall–Kier alpha value is -4.05. The number of rotatable bonds is 3. The molecule has 2 aromatic carbocycles. The molecule has 7 heteroatoms. The van der Waals surface area contributed by atoms with Gasteiger partial charge in [0.15, 0.2) is 11.3 Å². The van der Waals surface area contributed by atoms with Gasteiger partial charge in [-0.05, 0) is 55.7 Å². The van der Waals surface area contributed by atoms with E-state index in [-0.39, 0.29) is 16.9 Å². The lowest BCUT2D eigenvalue weighted by Gasteiger charge is -2.12. The minimum Gasteiger partial charge on any atom is -0.464 e. The number of fused-ring (bicyclic) bond motifs is 1. The molecule has 2 N–H and O–H groups in total. The zero-order valence-corrected chi connectivity index (χ0v) is 17.1. The minimum absolute atomic E-state index is 0.0853. The maximum atomic E-state index is 12.3. The van der Waals surface area contributed by atoms with E-state index in [4.69, 9.17) is 14.9 Å². The van der Waals surface area contributed by atoms with E-state index in [9.17, 15) is 10.1 Å². The minimum atomic E-state index is -0.619. The van der Waals surface area contributed by atoms with Crippen LogP contribution in [0, 0.1) is 32.1 Å². The molecule has 0 spiro atoms. The molecule has 0 atom stereocenters. The smallest absolute Gasteiger partial charge is 0.357 e. The molecule has 0 amide bonds. The van der Waals surface area contributed by atoms with Gasteiger partial charge < -0.3 is 19.5 Å². The van der Waals surface area contributed by atoms with Crippen molar-refractivity contribution >= 4 is 22.8 Å². The quantitative estimate of drug-likeness (QED) is 0.509. The highest BCUT2D eigenvalue weighted by Gasteiger charge is 2.23. The second kappa shape index (κ2) is 7.08. The fourth-order valence-electron chi connectivity index (χ4n) is 3.61. The van der Waals surface area contributed by atoms with E-state index in [0.717, 1.165) is 33.4 Å². The molecular formula is C23H20N4O3. The van der Waals surface area contributed by atoms with E-state index >= 15 is 0 Å². The number of oxazole rings is 1. The first-order valence-electron chi connectivity index (χ1n) is 9.32. The zero-order chi connectivity index (χ0) is 21.6. The van der Waals surface area contributed by atoms with Crippen LogP contribution in [0.5, 0.6) is 0 Å². The summed E-state index contributed by atoms with van der Waals surface area (Å²) in [5.41, 5.74) is 12.4. The molecule has 0 aliphatic heterocycles. The normalized spacial score (nSPS) is 10.9. The number of nitriles is 1. The number of hydrogen-bond donors (Lipinski definition) is 1. The van der Waals surface area contributed by atoms with E-state index in [1.54, 1.807) is 4.57 Å². The second-order valence-electron chi connectivity index (χ2n) is 7.23. The molecule has 4 rings (SSSR count). The van der Waals surface area contributed by atoms with Crippen molar-refractivity contribution in [2.75, 3.05) is 12.8 Å². The Morgan fingerprint density at radius 3 is 2.67 bits per heavy atom. The fraction of sp³-hybridized carbons (Fsp3) is 0.174. The number of methoxy groups -OCH3 is 1. The van der Waals surface area contributed by atoms with Crippen molar-refractivity contribution in [3.63, 3.8) is 0 Å². The Balaban J connectivity index is 1.92. The van der Waals surface area contributed by atoms with Gasteiger partial charge in [-0.15, -0.1) is 0 Å². The number of ether oxygens (including phenoxy) is 1. The molecule has 2 aromatic heterocycles. The molecular weight excluding hydrogens is 380 g/mol. The van der Waals surface area contributed by atoms with E-state index in [1.807, 2.05) is 57.2 Å². The van der Waals surface area contributed by atoms with Crippen molar-refractivity contribution in [3.05, 3.63) is 64.5 Å². The van der Waals surface area contributed by atoms with Crippen LogP contribution in [0.4, 0.5) is 5.69 Å². The Bertz CT molecular complexity index is 1360. The van der Waals surface area contributed by atoms with Gasteiger partial charge in [-0.1, -0.05) is 12.1 Å². The van der Waals surface area contributed by atoms with Crippen LogP contribution in [-0.4, -0.2) is 22.6 Å². The summed E-state index contributed by atoms with van der Waals surface area (Å²) in [4.78, 5) is 17.0. The molecule has 0 aliphatic carbocycles. The molecule has 0 aliphatic rings. The topological polar surface area (TPSA) is 107 Å². The van der Waals surface area contributed by atoms with Gasteiger partial charge in [-0.3, -0.25) is 0 Å². The van der Waals surface area contributed by atoms with Crippen LogP contribution < -0.4 is 5.73 Å². The predicted molar refractivity (Wildman–Crippen MR) is 113 cm³/mol. The summed E-state index contributed by atoms with van der Waals surface area (Å²) in [6, 6.07) is 11.7. The lowest BCUT2D eigenvalue weighted by Crippen LogP contribution is -2.11. The highest BCUT2D eigenvalue weighted by Crippen LogP contribution is 2.32. The van der Waals surface area contributed by atoms with Gasteiger partial charge in [0.05, 0.1) is 18.4 Å². The summed E-state index contributed by atoms with van der Waals surface area (Å²) in [5.74, 6) is -0.146. The summed E-state index contributed by atoms with van der Waals surface area (Å²) in [7, 11) is 1.27. The number of benzene rings is 2. The molecule has 0 fully saturated rings. The summed E-state index contributed by atoms with van der Waals surface area (Å²) in [5, 5.41) is 9.37. The lowest BCUT2D eigenvalue weighted by molar-refractivity contribution is 0.0593. The Kier molecular flexibility index (Phi) is 4.55. The molecule has 0 saturated carbocycles. The maximum Gasteiger partial charge on any atom is 0.357 e. The number of nitrogen functional groups attached to an aromatic ring is 1. The fourth-order valence-corrected chi connectivity index (χ4v) is 3.61. The molecule has 30 heavy (non-hydrogen) atoms. The number of aromatic nitrogens is 2. The van der Waals surface area contributed by atoms with Crippen LogP contribution in [0.3, 0.4) is 0 Å². The largest absolute Gasteiger partial charge is 0.464 e. The third-order valence-electron chi connectivity index (χ3n) is 5.08. The van der Waals surface area contributed by atoms with Crippen molar-refractivity contribution in [1.82, 2.24) is 9.55 Å². The van der Waals surface area contributed by atoms with Crippen LogP contribution in [-0.2, 0) is 4.74 Å². The molecule has 0 bridgehead atoms. The average molecular weight is 400 g/mol. The molecule has 4 aromatic rings. The predicted octanol–water partition coefficient (Wildman–Crippen LogP) is 4.45. The van der Waals surface area contributed by atoms with Gasteiger partial charge in [0.1, 0.15) is 11.6 Å². The number of carbonyl (C=O) groups is 1. The molecule has 7 nitrogen and oxygen atoms in total. The van der Waals surface area contributed by atoms with Gasteiger partial charge in [0.2, 0.25) is 5.89 Å². The number of nitrogens with two attached hydrogens (primary N) is 1. The van der Waals surface area contributed by atoms with Crippen molar-refractivity contribution < 1.29 is 13.9 Å². The van der Waals surface area contributed by atoms with Crippen molar-refractivity contribution in [2.24, 2.45) is 0 Å². The monoisotopic (exact) mass is 400 g/mol. The Morgan fingerprint density at radius 1 is 1.20 bits per heavy atom. The van der Waals surface area contributed by atoms with Crippen molar-refractivity contribution in [3.8, 4) is 23.2 Å². The third-order valence-corrected chi connectivity index (χ3v) is 5.08. The van der Waals surface area contributed by atoms with Crippen LogP contribution in [0.1, 0.15) is 32.7 Å². The summed E-state index contributed by atoms with van der Waals surface area (Å²) in [6.45, 7) is 5.91. The second-order valence-corrected chi connectivity index (χ2v) is 7.23. The Labute approximate surface area is 173 Å². The number of carbonyl (C=O) groups excluding carboxylic acids is 1. The Morgan fingerprint density at radius 2 is 1.97 bits per heavy atom. The first kappa shape index (κ1) is 19.3. The van der Waals surface area contributed by atoms with Crippen LogP contribution in [0.2, 0.25) is 0 Å². The van der Waals surface area contributed by atoms with Gasteiger partial charge >= 0.3 is 5.97 Å². The van der Waals surface area contributed by atoms with Crippen LogP contribution in [0.25, 0.3) is 28.2 Å². The maximum absolute atomic E-state index is 12.3. The van der Waals surface area contributed by atoms with E-state index in [2.05, 4.69) is 4.98 Å². The number of esters is 1. The third kappa shape index (κ3) is 2.99. The van der Waals surface area contributed by atoms with Crippen LogP contribution >= 0.6 is 0 Å².